The molecule has 3 aromatic rings. The molecule has 0 N–H and O–H groups in total. The van der Waals surface area contributed by atoms with Crippen LogP contribution in [0.2, 0.25) is 0 Å². The summed E-state index contributed by atoms with van der Waals surface area (Å²) in [4.78, 5) is 12.8. The van der Waals surface area contributed by atoms with Crippen LogP contribution in [-0.2, 0) is 21.1 Å². The SMILES string of the molecule is C=C(C)C(=O)OC(C)(C)CC(C)(P)c1ccc2cc(-c3ccc(CCCCC)cc3OC(F)(F)F)sc2c1. The van der Waals surface area contributed by atoms with Gasteiger partial charge < -0.3 is 9.47 Å². The van der Waals surface area contributed by atoms with Crippen molar-refractivity contribution in [2.24, 2.45) is 0 Å². The lowest BCUT2D eigenvalue weighted by Gasteiger charge is -2.35. The molecule has 2 unspecified atom stereocenters. The lowest BCUT2D eigenvalue weighted by molar-refractivity contribution is -0.274. The highest BCUT2D eigenvalue weighted by atomic mass is 32.1. The highest BCUT2D eigenvalue weighted by molar-refractivity contribution is 7.22. The van der Waals surface area contributed by atoms with Crippen LogP contribution in [0, 0.1) is 0 Å². The predicted molar refractivity (Wildman–Crippen MR) is 154 cm³/mol. The maximum Gasteiger partial charge on any atom is 0.573 e. The van der Waals surface area contributed by atoms with E-state index in [0.717, 1.165) is 40.5 Å². The van der Waals surface area contributed by atoms with Gasteiger partial charge in [-0.3, -0.25) is 0 Å². The van der Waals surface area contributed by atoms with Crippen LogP contribution in [0.25, 0.3) is 20.5 Å². The number of hydrogen-bond donors (Lipinski definition) is 0. The molecule has 0 saturated heterocycles. The first-order valence-electron chi connectivity index (χ1n) is 12.7. The Balaban J connectivity index is 1.93. The fourth-order valence-electron chi connectivity index (χ4n) is 4.59. The van der Waals surface area contributed by atoms with Gasteiger partial charge in [0.25, 0.3) is 0 Å². The van der Waals surface area contributed by atoms with E-state index in [0.29, 0.717) is 28.9 Å². The van der Waals surface area contributed by atoms with Crippen molar-refractivity contribution in [3.63, 3.8) is 0 Å². The van der Waals surface area contributed by atoms with Crippen LogP contribution >= 0.6 is 20.6 Å². The van der Waals surface area contributed by atoms with Gasteiger partial charge in [0.2, 0.25) is 0 Å². The molecule has 8 heteroatoms. The number of ether oxygens (including phenoxy) is 2. The minimum absolute atomic E-state index is 0.171. The molecule has 38 heavy (non-hydrogen) atoms. The van der Waals surface area contributed by atoms with E-state index in [1.54, 1.807) is 13.0 Å². The normalized spacial score (nSPS) is 13.8. The van der Waals surface area contributed by atoms with Gasteiger partial charge in [-0.05, 0) is 80.8 Å². The molecule has 0 aliphatic heterocycles. The summed E-state index contributed by atoms with van der Waals surface area (Å²) >= 11 is 1.43. The molecule has 0 radical (unpaired) electrons. The average Bonchev–Trinajstić information content (AvgIpc) is 3.20. The number of alkyl halides is 3. The first-order chi connectivity index (χ1) is 17.6. The molecule has 0 fully saturated rings. The molecule has 0 aliphatic carbocycles. The van der Waals surface area contributed by atoms with Gasteiger partial charge >= 0.3 is 12.3 Å². The summed E-state index contributed by atoms with van der Waals surface area (Å²) in [7, 11) is 2.86. The Morgan fingerprint density at radius 1 is 1.05 bits per heavy atom. The highest BCUT2D eigenvalue weighted by Crippen LogP contribution is 2.44. The molecular formula is C30H36F3O3PS. The molecule has 3 nitrogen and oxygen atoms in total. The second-order valence-electron chi connectivity index (χ2n) is 10.7. The summed E-state index contributed by atoms with van der Waals surface area (Å²) < 4.78 is 50.9. The van der Waals surface area contributed by atoms with Gasteiger partial charge in [-0.25, -0.2) is 4.79 Å². The standard InChI is InChI=1S/C30H36F3O3PS/c1-7-8-9-10-20-11-14-23(24(15-20)35-30(31,32)33)26-16-21-12-13-22(17-25(21)38-26)29(6,37)18-28(4,5)36-27(34)19(2)3/h11-17H,2,7-10,18,37H2,1,3-6H3. The van der Waals surface area contributed by atoms with Crippen LogP contribution in [0.5, 0.6) is 5.75 Å². The number of halogens is 3. The minimum atomic E-state index is -4.78. The zero-order valence-corrected chi connectivity index (χ0v) is 24.6. The largest absolute Gasteiger partial charge is 0.573 e. The molecular weight excluding hydrogens is 528 g/mol. The quantitative estimate of drug-likeness (QED) is 0.101. The number of thiophene rings is 1. The number of fused-ring (bicyclic) bond motifs is 1. The Hall–Kier alpha value is -2.37. The van der Waals surface area contributed by atoms with E-state index < -0.39 is 23.1 Å². The first-order valence-corrected chi connectivity index (χ1v) is 14.1. The summed E-state index contributed by atoms with van der Waals surface area (Å²) in [5.74, 6) is -0.599. The summed E-state index contributed by atoms with van der Waals surface area (Å²) in [5.41, 5.74) is 1.88. The van der Waals surface area contributed by atoms with Crippen molar-refractivity contribution in [3.05, 3.63) is 65.7 Å². The Bertz CT molecular complexity index is 1310. The maximum absolute atomic E-state index is 13.3. The number of esters is 1. The van der Waals surface area contributed by atoms with Crippen molar-refractivity contribution in [1.82, 2.24) is 0 Å². The van der Waals surface area contributed by atoms with Crippen LogP contribution in [0.4, 0.5) is 13.2 Å². The van der Waals surface area contributed by atoms with Gasteiger partial charge in [0, 0.05) is 25.9 Å². The zero-order chi connectivity index (χ0) is 28.3. The van der Waals surface area contributed by atoms with E-state index in [4.69, 9.17) is 4.74 Å². The lowest BCUT2D eigenvalue weighted by Crippen LogP contribution is -2.34. The molecule has 206 valence electrons. The van der Waals surface area contributed by atoms with E-state index in [-0.39, 0.29) is 5.75 Å². The third-order valence-electron chi connectivity index (χ3n) is 6.30. The van der Waals surface area contributed by atoms with Crippen molar-refractivity contribution < 1.29 is 27.4 Å². The summed E-state index contributed by atoms with van der Waals surface area (Å²) in [6.07, 6.45) is -0.538. The van der Waals surface area contributed by atoms with Crippen molar-refractivity contribution >= 4 is 36.6 Å². The fourth-order valence-corrected chi connectivity index (χ4v) is 6.40. The van der Waals surface area contributed by atoms with Crippen LogP contribution in [0.15, 0.2) is 54.6 Å². The molecule has 2 aromatic carbocycles. The molecule has 3 rings (SSSR count). The predicted octanol–water partition coefficient (Wildman–Crippen LogP) is 9.58. The molecule has 0 bridgehead atoms. The van der Waals surface area contributed by atoms with Crippen LogP contribution in [0.3, 0.4) is 0 Å². The van der Waals surface area contributed by atoms with E-state index in [9.17, 15) is 18.0 Å². The Kier molecular flexibility index (Phi) is 9.36. The fraction of sp³-hybridized carbons (Fsp3) is 0.433. The lowest BCUT2D eigenvalue weighted by atomic mass is 9.88. The van der Waals surface area contributed by atoms with Crippen molar-refractivity contribution in [1.29, 1.82) is 0 Å². The zero-order valence-electron chi connectivity index (χ0n) is 22.6. The average molecular weight is 565 g/mol. The Morgan fingerprint density at radius 3 is 2.39 bits per heavy atom. The topological polar surface area (TPSA) is 35.5 Å². The second-order valence-corrected chi connectivity index (χ2v) is 13.1. The molecule has 0 aliphatic rings. The maximum atomic E-state index is 13.3. The number of rotatable bonds is 11. The van der Waals surface area contributed by atoms with Crippen LogP contribution in [0.1, 0.15) is 71.4 Å². The smallest absolute Gasteiger partial charge is 0.456 e. The third-order valence-corrected chi connectivity index (χ3v) is 7.96. The first kappa shape index (κ1) is 30.2. The third kappa shape index (κ3) is 8.07. The van der Waals surface area contributed by atoms with Gasteiger partial charge in [-0.2, -0.15) is 0 Å². The summed E-state index contributed by atoms with van der Waals surface area (Å²) in [5, 5.41) is 0.523. The van der Waals surface area contributed by atoms with Crippen LogP contribution < -0.4 is 4.74 Å². The summed E-state index contributed by atoms with van der Waals surface area (Å²) in [6.45, 7) is 13.1. The van der Waals surface area contributed by atoms with Crippen molar-refractivity contribution in [2.75, 3.05) is 0 Å². The molecule has 2 atom stereocenters. The molecule has 0 saturated carbocycles. The molecule has 1 heterocycles. The molecule has 1 aromatic heterocycles. The molecule has 0 amide bonds. The van der Waals surface area contributed by atoms with Gasteiger partial charge in [0.1, 0.15) is 11.4 Å². The van der Waals surface area contributed by atoms with Gasteiger partial charge in [0.05, 0.1) is 0 Å². The highest BCUT2D eigenvalue weighted by Gasteiger charge is 2.34. The Morgan fingerprint density at radius 2 is 1.76 bits per heavy atom. The number of unbranched alkanes of at least 4 members (excludes halogenated alkanes) is 2. The van der Waals surface area contributed by atoms with Gasteiger partial charge in [-0.15, -0.1) is 33.7 Å². The second kappa shape index (κ2) is 11.8. The van der Waals surface area contributed by atoms with Gasteiger partial charge in [-0.1, -0.05) is 51.5 Å². The number of hydrogen-bond acceptors (Lipinski definition) is 4. The van der Waals surface area contributed by atoms with Crippen molar-refractivity contribution in [3.8, 4) is 16.2 Å². The van der Waals surface area contributed by atoms with E-state index in [2.05, 4.69) is 40.5 Å². The van der Waals surface area contributed by atoms with E-state index in [1.807, 2.05) is 38.1 Å². The number of carbonyl (C=O) groups is 1. The van der Waals surface area contributed by atoms with Crippen LogP contribution in [-0.4, -0.2) is 17.9 Å². The monoisotopic (exact) mass is 564 g/mol. The van der Waals surface area contributed by atoms with E-state index in [1.165, 1.54) is 17.4 Å². The number of benzene rings is 2. The minimum Gasteiger partial charge on any atom is -0.456 e. The molecule has 0 spiro atoms. The van der Waals surface area contributed by atoms with E-state index >= 15 is 0 Å². The van der Waals surface area contributed by atoms with Gasteiger partial charge in [0.15, 0.2) is 0 Å². The summed E-state index contributed by atoms with van der Waals surface area (Å²) in [6, 6.07) is 13.1. The van der Waals surface area contributed by atoms with Crippen molar-refractivity contribution in [2.45, 2.75) is 83.8 Å². The number of carbonyl (C=O) groups excluding carboxylic acids is 1. The Labute approximate surface area is 229 Å². The number of aryl methyl sites for hydroxylation is 1.